The number of nitrogens with two attached hydrogens (primary N) is 3. The van der Waals surface area contributed by atoms with Crippen LogP contribution in [0.2, 0.25) is 0 Å². The van der Waals surface area contributed by atoms with Gasteiger partial charge in [-0.2, -0.15) is 0 Å². The lowest BCUT2D eigenvalue weighted by Crippen LogP contribution is -2.67. The van der Waals surface area contributed by atoms with Crippen LogP contribution in [0.15, 0.2) is 70.7 Å². The predicted octanol–water partition coefficient (Wildman–Crippen LogP) is 0.00580. The van der Waals surface area contributed by atoms with Gasteiger partial charge in [-0.25, -0.2) is 0 Å². The van der Waals surface area contributed by atoms with Gasteiger partial charge in [-0.3, -0.25) is 14.6 Å². The summed E-state index contributed by atoms with van der Waals surface area (Å²) in [6, 6.07) is 3.79. The van der Waals surface area contributed by atoms with Gasteiger partial charge >= 0.3 is 0 Å². The number of guanidine groups is 1. The van der Waals surface area contributed by atoms with Crippen molar-refractivity contribution >= 4 is 17.5 Å². The van der Waals surface area contributed by atoms with Crippen LogP contribution in [-0.4, -0.2) is 107 Å². The average Bonchev–Trinajstić information content (AvgIpc) is 3.20. The lowest BCUT2D eigenvalue weighted by atomic mass is 9.72. The highest BCUT2D eigenvalue weighted by atomic mass is 16.7. The zero-order valence-corrected chi connectivity index (χ0v) is 31.6. The number of hydrogen-bond donors (Lipinski definition) is 11. The number of ketones is 2. The van der Waals surface area contributed by atoms with Crippen LogP contribution in [0.5, 0.6) is 17.2 Å². The standard InChI is InChI=1S/C40H49N7O10/c1-44-39(43)47-25-5-4-20(11-19-3-6-28(41)46-16-19)22-15-24-32(34(50)30(22)25)35(51)31-23(33(24)49)13-21(55-2)14-26(31)56-38-36(52)37(53)40(54,27(17-48)57-38)9-7-18-8-10-45-29(42)12-18/h3,6,8,12-16,20,25,27-28,36-38,45-46,48,50,52-54H,4-5,7,9-11,17,41-42H2,1-2H3,(H3,43,44,47)/t20-,25+,27+,28?,36+,37+,38+,40+/m0/s1. The summed E-state index contributed by atoms with van der Waals surface area (Å²) in [5, 5.41) is 65.9. The van der Waals surface area contributed by atoms with Crippen molar-refractivity contribution in [3.8, 4) is 17.2 Å². The number of phenols is 1. The zero-order valence-electron chi connectivity index (χ0n) is 31.6. The fraction of sp³-hybridized carbons (Fsp3) is 0.425. The molecule has 0 amide bonds. The number of rotatable bonds is 10. The lowest BCUT2D eigenvalue weighted by Gasteiger charge is -2.48. The molecule has 8 atom stereocenters. The van der Waals surface area contributed by atoms with Gasteiger partial charge in [0, 0.05) is 42.5 Å². The number of ether oxygens (including phenoxy) is 3. The fourth-order valence-corrected chi connectivity index (χ4v) is 8.37. The van der Waals surface area contributed by atoms with Gasteiger partial charge in [0.05, 0.1) is 42.9 Å². The first-order chi connectivity index (χ1) is 27.3. The summed E-state index contributed by atoms with van der Waals surface area (Å²) in [7, 11) is 2.88. The largest absolute Gasteiger partial charge is 0.507 e. The molecular weight excluding hydrogens is 738 g/mol. The molecule has 7 rings (SSSR count). The monoisotopic (exact) mass is 787 g/mol. The molecule has 0 aromatic heterocycles. The molecule has 17 heteroatoms. The normalized spacial score (nSPS) is 29.4. The van der Waals surface area contributed by atoms with Crippen LogP contribution in [-0.2, 0) is 4.74 Å². The number of dihydropyridines is 2. The van der Waals surface area contributed by atoms with Crippen molar-refractivity contribution in [2.75, 3.05) is 27.3 Å². The first kappa shape index (κ1) is 39.8. The number of benzene rings is 2. The van der Waals surface area contributed by atoms with Gasteiger partial charge in [0.1, 0.15) is 41.2 Å². The number of methoxy groups -OCH3 is 1. The van der Waals surface area contributed by atoms with E-state index < -0.39 is 60.2 Å². The van der Waals surface area contributed by atoms with Crippen molar-refractivity contribution in [3.63, 3.8) is 0 Å². The zero-order chi connectivity index (χ0) is 40.8. The third kappa shape index (κ3) is 7.33. The summed E-state index contributed by atoms with van der Waals surface area (Å²) in [5.41, 5.74) is 18.0. The van der Waals surface area contributed by atoms with Crippen LogP contribution in [0.4, 0.5) is 0 Å². The summed E-state index contributed by atoms with van der Waals surface area (Å²) in [4.78, 5) is 33.2. The van der Waals surface area contributed by atoms with Crippen molar-refractivity contribution in [1.82, 2.24) is 16.0 Å². The average molecular weight is 788 g/mol. The molecule has 17 nitrogen and oxygen atoms in total. The Morgan fingerprint density at radius 3 is 2.58 bits per heavy atom. The number of aliphatic hydroxyl groups excluding tert-OH is 3. The maximum Gasteiger partial charge on any atom is 0.229 e. The number of hydrogen-bond acceptors (Lipinski definition) is 15. The minimum atomic E-state index is -2.12. The Kier molecular flexibility index (Phi) is 11.1. The van der Waals surface area contributed by atoms with Crippen molar-refractivity contribution in [3.05, 3.63) is 99.1 Å². The van der Waals surface area contributed by atoms with E-state index in [9.17, 15) is 35.1 Å². The third-order valence-electron chi connectivity index (χ3n) is 11.4. The van der Waals surface area contributed by atoms with Gasteiger partial charge in [-0.05, 0) is 79.0 Å². The summed E-state index contributed by atoms with van der Waals surface area (Å²) < 4.78 is 17.5. The minimum absolute atomic E-state index is 0.0192. The summed E-state index contributed by atoms with van der Waals surface area (Å²) in [6.07, 6.45) is 3.72. The van der Waals surface area contributed by atoms with Crippen molar-refractivity contribution in [2.24, 2.45) is 22.2 Å². The van der Waals surface area contributed by atoms with Gasteiger partial charge in [0.2, 0.25) is 12.1 Å². The van der Waals surface area contributed by atoms with Crippen LogP contribution in [0.3, 0.4) is 0 Å². The van der Waals surface area contributed by atoms with Gasteiger partial charge < -0.3 is 72.9 Å². The van der Waals surface area contributed by atoms with E-state index in [1.165, 1.54) is 26.3 Å². The second-order valence-electron chi connectivity index (χ2n) is 14.9. The molecule has 2 aliphatic carbocycles. The first-order valence-electron chi connectivity index (χ1n) is 18.8. The van der Waals surface area contributed by atoms with Gasteiger partial charge in [-0.1, -0.05) is 12.2 Å². The van der Waals surface area contributed by atoms with E-state index in [-0.39, 0.29) is 64.6 Å². The maximum atomic E-state index is 14.7. The quantitative estimate of drug-likeness (QED) is 0.0953. The Hall–Kier alpha value is -5.43. The highest BCUT2D eigenvalue weighted by Crippen LogP contribution is 2.50. The van der Waals surface area contributed by atoms with Gasteiger partial charge in [0.15, 0.2) is 11.7 Å². The molecule has 2 aromatic carbocycles. The summed E-state index contributed by atoms with van der Waals surface area (Å²) in [6.45, 7) is -0.294. The van der Waals surface area contributed by atoms with E-state index in [1.807, 2.05) is 24.4 Å². The highest BCUT2D eigenvalue weighted by molar-refractivity contribution is 6.30. The Morgan fingerprint density at radius 2 is 1.89 bits per heavy atom. The number of nitrogens with one attached hydrogen (secondary N) is 3. The van der Waals surface area contributed by atoms with E-state index in [0.29, 0.717) is 42.8 Å². The Bertz CT molecular complexity index is 2110. The molecular formula is C40H49N7O10. The molecule has 14 N–H and O–H groups in total. The Balaban J connectivity index is 1.24. The molecule has 0 radical (unpaired) electrons. The predicted molar refractivity (Wildman–Crippen MR) is 207 cm³/mol. The molecule has 1 fully saturated rings. The molecule has 5 aliphatic rings. The number of phenolic OH excluding ortho intramolecular Hbond substituents is 1. The van der Waals surface area contributed by atoms with E-state index in [4.69, 9.17) is 31.4 Å². The summed E-state index contributed by atoms with van der Waals surface area (Å²) in [5.74, 6) is -1.49. The number of aliphatic hydroxyl groups is 4. The van der Waals surface area contributed by atoms with Crippen molar-refractivity contribution in [1.29, 1.82) is 0 Å². The highest BCUT2D eigenvalue weighted by Gasteiger charge is 2.55. The Morgan fingerprint density at radius 1 is 1.12 bits per heavy atom. The molecule has 57 heavy (non-hydrogen) atoms. The number of nitrogens with zero attached hydrogens (tertiary/aromatic N) is 1. The second kappa shape index (κ2) is 15.8. The molecule has 2 aromatic rings. The third-order valence-corrected chi connectivity index (χ3v) is 11.4. The van der Waals surface area contributed by atoms with Crippen LogP contribution in [0.1, 0.15) is 87.0 Å². The first-order valence-corrected chi connectivity index (χ1v) is 18.8. The number of aliphatic imine (C=N–C) groups is 1. The van der Waals surface area contributed by atoms with E-state index >= 15 is 0 Å². The van der Waals surface area contributed by atoms with Crippen molar-refractivity contribution in [2.45, 2.75) is 80.4 Å². The van der Waals surface area contributed by atoms with Crippen molar-refractivity contribution < 1.29 is 49.3 Å². The second-order valence-corrected chi connectivity index (χ2v) is 14.9. The van der Waals surface area contributed by atoms with Crippen LogP contribution < -0.4 is 42.6 Å². The van der Waals surface area contributed by atoms with Crippen LogP contribution in [0, 0.1) is 0 Å². The fourth-order valence-electron chi connectivity index (χ4n) is 8.37. The molecule has 3 heterocycles. The lowest BCUT2D eigenvalue weighted by molar-refractivity contribution is -0.314. The molecule has 0 bridgehead atoms. The molecule has 0 spiro atoms. The summed E-state index contributed by atoms with van der Waals surface area (Å²) >= 11 is 0. The molecule has 1 unspecified atom stereocenters. The maximum absolute atomic E-state index is 14.7. The number of carbonyl (C=O) groups is 2. The topological polar surface area (TPSA) is 289 Å². The number of fused-ring (bicyclic) bond motifs is 3. The number of allylic oxidation sites excluding steroid dienone is 4. The smallest absolute Gasteiger partial charge is 0.229 e. The molecule has 3 aliphatic heterocycles. The van der Waals surface area contributed by atoms with Crippen LogP contribution in [0.25, 0.3) is 0 Å². The SMILES string of the molecule is CN=C(N)N[C@@H]1CC[C@@H](CC2=CNC(N)C=C2)c2cc3c(c(O)c21)C(=O)c1c(O[C@@H]2O[C@H](CO)[C@](O)(CCC4=CCNC(N)=C4)[C@H](O)[C@H]2O)cc(OC)cc1C3=O. The number of carbonyl (C=O) groups excluding carboxylic acids is 2. The minimum Gasteiger partial charge on any atom is -0.507 e. The molecule has 1 saturated heterocycles. The molecule has 304 valence electrons. The van der Waals surface area contributed by atoms with E-state index in [1.54, 1.807) is 12.1 Å². The van der Waals surface area contributed by atoms with Gasteiger partial charge in [0.25, 0.3) is 0 Å². The van der Waals surface area contributed by atoms with Gasteiger partial charge in [-0.15, -0.1) is 0 Å². The Labute approximate surface area is 328 Å². The molecule has 0 saturated carbocycles. The van der Waals surface area contributed by atoms with Crippen LogP contribution >= 0.6 is 0 Å². The van der Waals surface area contributed by atoms with E-state index in [0.717, 1.165) is 11.1 Å². The van der Waals surface area contributed by atoms with E-state index in [2.05, 4.69) is 20.9 Å². The number of aromatic hydroxyl groups is 1.